The van der Waals surface area contributed by atoms with Gasteiger partial charge >= 0.3 is 0 Å². The highest BCUT2D eigenvalue weighted by molar-refractivity contribution is 5.95. The number of nitrogens with two attached hydrogens (primary N) is 1. The summed E-state index contributed by atoms with van der Waals surface area (Å²) in [5.41, 5.74) is 6.52. The Bertz CT molecular complexity index is 468. The van der Waals surface area contributed by atoms with E-state index in [1.165, 1.54) is 0 Å². The zero-order valence-corrected chi connectivity index (χ0v) is 12.7. The van der Waals surface area contributed by atoms with Gasteiger partial charge in [-0.05, 0) is 37.3 Å². The number of nitrogens with one attached hydrogen (secondary N) is 1. The first-order chi connectivity index (χ1) is 10.1. The summed E-state index contributed by atoms with van der Waals surface area (Å²) in [6.07, 6.45) is 4.36. The molecule has 3 N–H and O–H groups in total. The van der Waals surface area contributed by atoms with Crippen molar-refractivity contribution in [3.63, 3.8) is 0 Å². The monoisotopic (exact) mass is 292 g/mol. The van der Waals surface area contributed by atoms with E-state index in [1.54, 1.807) is 32.4 Å². The molecule has 0 aromatic heterocycles. The Morgan fingerprint density at radius 3 is 2.48 bits per heavy atom. The number of benzene rings is 1. The van der Waals surface area contributed by atoms with Crippen molar-refractivity contribution in [2.45, 2.75) is 31.7 Å². The molecule has 1 fully saturated rings. The van der Waals surface area contributed by atoms with Crippen molar-refractivity contribution in [3.8, 4) is 11.5 Å². The number of hydrogen-bond donors (Lipinski definition) is 2. The van der Waals surface area contributed by atoms with E-state index in [0.29, 0.717) is 29.5 Å². The van der Waals surface area contributed by atoms with Crippen molar-refractivity contribution < 1.29 is 14.3 Å². The fourth-order valence-electron chi connectivity index (χ4n) is 2.80. The average Bonchev–Trinajstić information content (AvgIpc) is 2.52. The van der Waals surface area contributed by atoms with Crippen LogP contribution in [0.2, 0.25) is 0 Å². The van der Waals surface area contributed by atoms with E-state index >= 15 is 0 Å². The van der Waals surface area contributed by atoms with Gasteiger partial charge in [0.05, 0.1) is 14.2 Å². The maximum atomic E-state index is 12.3. The molecule has 0 radical (unpaired) electrons. The van der Waals surface area contributed by atoms with Gasteiger partial charge in [-0.25, -0.2) is 0 Å². The van der Waals surface area contributed by atoms with Crippen LogP contribution in [0.1, 0.15) is 36.0 Å². The quantitative estimate of drug-likeness (QED) is 0.870. The van der Waals surface area contributed by atoms with Gasteiger partial charge in [-0.1, -0.05) is 6.42 Å². The number of ether oxygens (including phenoxy) is 2. The normalized spacial score (nSPS) is 21.7. The van der Waals surface area contributed by atoms with E-state index in [2.05, 4.69) is 5.32 Å². The van der Waals surface area contributed by atoms with Gasteiger partial charge in [-0.15, -0.1) is 0 Å². The molecule has 5 heteroatoms. The Morgan fingerprint density at radius 2 is 1.90 bits per heavy atom. The van der Waals surface area contributed by atoms with Gasteiger partial charge in [0.2, 0.25) is 0 Å². The Balaban J connectivity index is 1.96. The molecule has 2 unspecified atom stereocenters. The highest BCUT2D eigenvalue weighted by Crippen LogP contribution is 2.24. The van der Waals surface area contributed by atoms with Crippen molar-refractivity contribution in [1.82, 2.24) is 5.32 Å². The number of methoxy groups -OCH3 is 2. The van der Waals surface area contributed by atoms with Crippen molar-refractivity contribution in [1.29, 1.82) is 0 Å². The first kappa shape index (κ1) is 15.6. The predicted octanol–water partition coefficient (Wildman–Crippen LogP) is 1.95. The Labute approximate surface area is 125 Å². The van der Waals surface area contributed by atoms with Crippen LogP contribution in [0.5, 0.6) is 11.5 Å². The molecule has 1 amide bonds. The standard InChI is InChI=1S/C16H24N2O3/c1-20-14-7-12(8-15(9-14)21-2)16(19)18-10-11-4-3-5-13(17)6-11/h7-9,11,13H,3-6,10,17H2,1-2H3,(H,18,19). The first-order valence-corrected chi connectivity index (χ1v) is 7.39. The molecule has 2 atom stereocenters. The summed E-state index contributed by atoms with van der Waals surface area (Å²) >= 11 is 0. The van der Waals surface area contributed by atoms with Gasteiger partial charge in [0.25, 0.3) is 5.91 Å². The minimum atomic E-state index is -0.105. The molecular formula is C16H24N2O3. The maximum Gasteiger partial charge on any atom is 0.251 e. The van der Waals surface area contributed by atoms with Crippen molar-refractivity contribution in [2.75, 3.05) is 20.8 Å². The summed E-state index contributed by atoms with van der Waals surface area (Å²) in [7, 11) is 3.14. The summed E-state index contributed by atoms with van der Waals surface area (Å²) in [6, 6.07) is 5.45. The fraction of sp³-hybridized carbons (Fsp3) is 0.562. The molecule has 21 heavy (non-hydrogen) atoms. The smallest absolute Gasteiger partial charge is 0.251 e. The average molecular weight is 292 g/mol. The minimum Gasteiger partial charge on any atom is -0.497 e. The van der Waals surface area contributed by atoms with Crippen LogP contribution in [0, 0.1) is 5.92 Å². The maximum absolute atomic E-state index is 12.3. The predicted molar refractivity (Wildman–Crippen MR) is 81.8 cm³/mol. The lowest BCUT2D eigenvalue weighted by atomic mass is 9.86. The van der Waals surface area contributed by atoms with Gasteiger partial charge in [0, 0.05) is 24.2 Å². The van der Waals surface area contributed by atoms with E-state index in [1.807, 2.05) is 0 Å². The molecule has 0 spiro atoms. The highest BCUT2D eigenvalue weighted by atomic mass is 16.5. The summed E-state index contributed by atoms with van der Waals surface area (Å²) in [5, 5.41) is 2.99. The highest BCUT2D eigenvalue weighted by Gasteiger charge is 2.20. The van der Waals surface area contributed by atoms with E-state index < -0.39 is 0 Å². The van der Waals surface area contributed by atoms with Crippen LogP contribution in [-0.2, 0) is 0 Å². The number of hydrogen-bond acceptors (Lipinski definition) is 4. The lowest BCUT2D eigenvalue weighted by molar-refractivity contribution is 0.0941. The zero-order chi connectivity index (χ0) is 15.2. The molecule has 0 bridgehead atoms. The van der Waals surface area contributed by atoms with E-state index in [4.69, 9.17) is 15.2 Å². The molecule has 116 valence electrons. The molecule has 1 aromatic carbocycles. The topological polar surface area (TPSA) is 73.6 Å². The Morgan fingerprint density at radius 1 is 1.24 bits per heavy atom. The molecule has 1 saturated carbocycles. The summed E-state index contributed by atoms with van der Waals surface area (Å²) in [4.78, 5) is 12.3. The van der Waals surface area contributed by atoms with Crippen LogP contribution < -0.4 is 20.5 Å². The molecule has 5 nitrogen and oxygen atoms in total. The second-order valence-electron chi connectivity index (χ2n) is 5.60. The molecule has 1 aromatic rings. The van der Waals surface area contributed by atoms with Crippen LogP contribution in [0.25, 0.3) is 0 Å². The number of rotatable bonds is 5. The lowest BCUT2D eigenvalue weighted by Crippen LogP contribution is -2.35. The van der Waals surface area contributed by atoms with Gasteiger partial charge in [0.1, 0.15) is 11.5 Å². The SMILES string of the molecule is COc1cc(OC)cc(C(=O)NCC2CCCC(N)C2)c1. The molecule has 0 heterocycles. The van der Waals surface area contributed by atoms with Crippen molar-refractivity contribution in [2.24, 2.45) is 11.7 Å². The Kier molecular flexibility index (Phi) is 5.44. The van der Waals surface area contributed by atoms with Gasteiger partial charge < -0.3 is 20.5 Å². The lowest BCUT2D eigenvalue weighted by Gasteiger charge is -2.26. The number of amides is 1. The second-order valence-corrected chi connectivity index (χ2v) is 5.60. The van der Waals surface area contributed by atoms with Gasteiger partial charge in [0.15, 0.2) is 0 Å². The minimum absolute atomic E-state index is 0.105. The molecule has 0 saturated heterocycles. The van der Waals surface area contributed by atoms with Crippen LogP contribution in [-0.4, -0.2) is 32.7 Å². The fourth-order valence-corrected chi connectivity index (χ4v) is 2.80. The van der Waals surface area contributed by atoms with Crippen molar-refractivity contribution >= 4 is 5.91 Å². The molecule has 1 aliphatic carbocycles. The third-order valence-electron chi connectivity index (χ3n) is 3.99. The van der Waals surface area contributed by atoms with Crippen LogP contribution in [0.15, 0.2) is 18.2 Å². The summed E-state index contributed by atoms with van der Waals surface area (Å²) in [5.74, 6) is 1.59. The van der Waals surface area contributed by atoms with Gasteiger partial charge in [-0.3, -0.25) is 4.79 Å². The molecule has 0 aliphatic heterocycles. The Hall–Kier alpha value is -1.75. The second kappa shape index (κ2) is 7.31. The third-order valence-corrected chi connectivity index (χ3v) is 3.99. The molecule has 1 aliphatic rings. The zero-order valence-electron chi connectivity index (χ0n) is 12.7. The van der Waals surface area contributed by atoms with E-state index in [9.17, 15) is 4.79 Å². The largest absolute Gasteiger partial charge is 0.497 e. The summed E-state index contributed by atoms with van der Waals surface area (Å²) in [6.45, 7) is 0.673. The van der Waals surface area contributed by atoms with Crippen LogP contribution in [0.4, 0.5) is 0 Å². The van der Waals surface area contributed by atoms with Crippen LogP contribution in [0.3, 0.4) is 0 Å². The van der Waals surface area contributed by atoms with Crippen molar-refractivity contribution in [3.05, 3.63) is 23.8 Å². The first-order valence-electron chi connectivity index (χ1n) is 7.39. The molecular weight excluding hydrogens is 268 g/mol. The summed E-state index contributed by atoms with van der Waals surface area (Å²) < 4.78 is 10.4. The third kappa shape index (κ3) is 4.36. The number of carbonyl (C=O) groups excluding carboxylic acids is 1. The van der Waals surface area contributed by atoms with Gasteiger partial charge in [-0.2, -0.15) is 0 Å². The van der Waals surface area contributed by atoms with E-state index in [0.717, 1.165) is 25.7 Å². The van der Waals surface area contributed by atoms with E-state index in [-0.39, 0.29) is 11.9 Å². The molecule has 2 rings (SSSR count). The van der Waals surface area contributed by atoms with Crippen LogP contribution >= 0.6 is 0 Å². The number of carbonyl (C=O) groups is 1.